The molecule has 7 nitrogen and oxygen atoms in total. The van der Waals surface area contributed by atoms with Crippen molar-refractivity contribution >= 4 is 17.5 Å². The van der Waals surface area contributed by atoms with Gasteiger partial charge in [0, 0.05) is 24.0 Å². The van der Waals surface area contributed by atoms with Crippen LogP contribution in [0.1, 0.15) is 11.5 Å². The Kier molecular flexibility index (Phi) is 5.12. The Hall–Kier alpha value is -2.80. The molecule has 0 saturated heterocycles. The molecule has 122 valence electrons. The summed E-state index contributed by atoms with van der Waals surface area (Å²) in [6, 6.07) is 7.51. The molecule has 0 aliphatic carbocycles. The van der Waals surface area contributed by atoms with E-state index < -0.39 is 0 Å². The van der Waals surface area contributed by atoms with Gasteiger partial charge >= 0.3 is 0 Å². The lowest BCUT2D eigenvalue weighted by molar-refractivity contribution is -0.120. The van der Waals surface area contributed by atoms with E-state index in [2.05, 4.69) is 25.5 Å². The van der Waals surface area contributed by atoms with Crippen LogP contribution in [0.3, 0.4) is 0 Å². The van der Waals surface area contributed by atoms with Crippen LogP contribution >= 0.6 is 11.6 Å². The predicted molar refractivity (Wildman–Crippen MR) is 87.2 cm³/mol. The molecule has 0 bridgehead atoms. The van der Waals surface area contributed by atoms with Crippen molar-refractivity contribution in [3.05, 3.63) is 59.3 Å². The van der Waals surface area contributed by atoms with Gasteiger partial charge in [0.2, 0.25) is 11.8 Å². The SMILES string of the molecule is O=C(Cc1nnc(-c2cnccn2)o1)NCCc1ccc(Cl)cc1. The summed E-state index contributed by atoms with van der Waals surface area (Å²) in [5.74, 6) is 0.296. The molecule has 0 fully saturated rings. The van der Waals surface area contributed by atoms with Crippen molar-refractivity contribution in [1.29, 1.82) is 0 Å². The highest BCUT2D eigenvalue weighted by atomic mass is 35.5. The number of aromatic nitrogens is 4. The van der Waals surface area contributed by atoms with Gasteiger partial charge in [-0.15, -0.1) is 10.2 Å². The molecule has 2 aromatic heterocycles. The van der Waals surface area contributed by atoms with Gasteiger partial charge in [0.1, 0.15) is 12.1 Å². The van der Waals surface area contributed by atoms with Gasteiger partial charge in [-0.25, -0.2) is 4.98 Å². The highest BCUT2D eigenvalue weighted by Crippen LogP contribution is 2.13. The summed E-state index contributed by atoms with van der Waals surface area (Å²) in [5, 5.41) is 11.2. The molecule has 24 heavy (non-hydrogen) atoms. The first-order valence-corrected chi connectivity index (χ1v) is 7.68. The van der Waals surface area contributed by atoms with Crippen LogP contribution in [0, 0.1) is 0 Å². The number of nitrogens with zero attached hydrogens (tertiary/aromatic N) is 4. The zero-order valence-corrected chi connectivity index (χ0v) is 13.4. The normalized spacial score (nSPS) is 10.5. The largest absolute Gasteiger partial charge is 0.419 e. The monoisotopic (exact) mass is 343 g/mol. The molecule has 0 spiro atoms. The number of rotatable bonds is 6. The Labute approximate surface area is 143 Å². The summed E-state index contributed by atoms with van der Waals surface area (Å²) in [6.07, 6.45) is 5.34. The topological polar surface area (TPSA) is 93.8 Å². The van der Waals surface area contributed by atoms with E-state index in [1.165, 1.54) is 12.4 Å². The zero-order valence-electron chi connectivity index (χ0n) is 12.6. The number of hydrogen-bond donors (Lipinski definition) is 1. The van der Waals surface area contributed by atoms with Gasteiger partial charge in [-0.05, 0) is 24.1 Å². The Balaban J connectivity index is 1.48. The van der Waals surface area contributed by atoms with Crippen molar-refractivity contribution in [2.45, 2.75) is 12.8 Å². The molecule has 8 heteroatoms. The third kappa shape index (κ3) is 4.36. The smallest absolute Gasteiger partial charge is 0.267 e. The summed E-state index contributed by atoms with van der Waals surface area (Å²) < 4.78 is 5.42. The molecule has 0 aliphatic rings. The number of benzene rings is 1. The molecular weight excluding hydrogens is 330 g/mol. The predicted octanol–water partition coefficient (Wildman–Crippen LogP) is 2.08. The van der Waals surface area contributed by atoms with E-state index in [1.807, 2.05) is 24.3 Å². The molecule has 3 aromatic rings. The van der Waals surface area contributed by atoms with Crippen LogP contribution < -0.4 is 5.32 Å². The van der Waals surface area contributed by atoms with Crippen LogP contribution in [-0.2, 0) is 17.6 Å². The van der Waals surface area contributed by atoms with E-state index in [9.17, 15) is 4.79 Å². The summed E-state index contributed by atoms with van der Waals surface area (Å²) in [7, 11) is 0. The van der Waals surface area contributed by atoms with Gasteiger partial charge in [-0.1, -0.05) is 23.7 Å². The van der Waals surface area contributed by atoms with E-state index in [4.69, 9.17) is 16.0 Å². The fourth-order valence-corrected chi connectivity index (χ4v) is 2.16. The molecule has 0 aliphatic heterocycles. The van der Waals surface area contributed by atoms with E-state index in [1.54, 1.807) is 6.20 Å². The highest BCUT2D eigenvalue weighted by Gasteiger charge is 2.13. The van der Waals surface area contributed by atoms with Crippen LogP contribution in [0.15, 0.2) is 47.3 Å². The second-order valence-electron chi connectivity index (χ2n) is 4.99. The average molecular weight is 344 g/mol. The Morgan fingerprint density at radius 1 is 1.17 bits per heavy atom. The lowest BCUT2D eigenvalue weighted by Gasteiger charge is -2.04. The first-order chi connectivity index (χ1) is 11.7. The Morgan fingerprint density at radius 3 is 2.75 bits per heavy atom. The summed E-state index contributed by atoms with van der Waals surface area (Å²) in [5.41, 5.74) is 1.57. The summed E-state index contributed by atoms with van der Waals surface area (Å²) in [4.78, 5) is 19.9. The van der Waals surface area contributed by atoms with Crippen molar-refractivity contribution < 1.29 is 9.21 Å². The molecular formula is C16H14ClN5O2. The minimum Gasteiger partial charge on any atom is -0.419 e. The fourth-order valence-electron chi connectivity index (χ4n) is 2.04. The van der Waals surface area contributed by atoms with Crippen molar-refractivity contribution in [3.63, 3.8) is 0 Å². The first kappa shape index (κ1) is 16.1. The van der Waals surface area contributed by atoms with Crippen LogP contribution in [0.4, 0.5) is 0 Å². The molecule has 1 N–H and O–H groups in total. The maximum atomic E-state index is 11.9. The standard InChI is InChI=1S/C16H14ClN5O2/c17-12-3-1-11(2-4-12)5-6-20-14(23)9-15-21-22-16(24-15)13-10-18-7-8-19-13/h1-4,7-8,10H,5-6,9H2,(H,20,23). The minimum atomic E-state index is -0.182. The number of carbonyl (C=O) groups excluding carboxylic acids is 1. The van der Waals surface area contributed by atoms with Crippen LogP contribution in [0.2, 0.25) is 5.02 Å². The fraction of sp³-hybridized carbons (Fsp3) is 0.188. The average Bonchev–Trinajstić information content (AvgIpc) is 3.06. The van der Waals surface area contributed by atoms with Gasteiger partial charge in [0.25, 0.3) is 5.89 Å². The third-order valence-corrected chi connectivity index (χ3v) is 3.46. The summed E-state index contributed by atoms with van der Waals surface area (Å²) in [6.45, 7) is 0.519. The van der Waals surface area contributed by atoms with E-state index in [0.29, 0.717) is 17.3 Å². The highest BCUT2D eigenvalue weighted by molar-refractivity contribution is 6.30. The maximum absolute atomic E-state index is 11.9. The quantitative estimate of drug-likeness (QED) is 0.736. The maximum Gasteiger partial charge on any atom is 0.267 e. The van der Waals surface area contributed by atoms with Crippen LogP contribution in [-0.4, -0.2) is 32.6 Å². The number of nitrogens with one attached hydrogen (secondary N) is 1. The molecule has 3 rings (SSSR count). The van der Waals surface area contributed by atoms with Gasteiger partial charge in [-0.2, -0.15) is 0 Å². The second kappa shape index (κ2) is 7.65. The number of halogens is 1. The molecule has 1 amide bonds. The Morgan fingerprint density at radius 2 is 2.00 bits per heavy atom. The summed E-state index contributed by atoms with van der Waals surface area (Å²) >= 11 is 5.83. The van der Waals surface area contributed by atoms with Gasteiger partial charge in [0.15, 0.2) is 0 Å². The van der Waals surface area contributed by atoms with E-state index in [0.717, 1.165) is 12.0 Å². The second-order valence-corrected chi connectivity index (χ2v) is 5.43. The van der Waals surface area contributed by atoms with Crippen molar-refractivity contribution in [2.24, 2.45) is 0 Å². The van der Waals surface area contributed by atoms with Gasteiger partial charge in [-0.3, -0.25) is 9.78 Å². The van der Waals surface area contributed by atoms with Crippen LogP contribution in [0.25, 0.3) is 11.6 Å². The zero-order chi connectivity index (χ0) is 16.8. The van der Waals surface area contributed by atoms with E-state index in [-0.39, 0.29) is 24.1 Å². The molecule has 0 atom stereocenters. The third-order valence-electron chi connectivity index (χ3n) is 3.21. The number of amides is 1. The lowest BCUT2D eigenvalue weighted by Crippen LogP contribution is -2.27. The molecule has 0 unspecified atom stereocenters. The molecule has 1 aromatic carbocycles. The first-order valence-electron chi connectivity index (χ1n) is 7.30. The Bertz CT molecular complexity index is 805. The molecule has 2 heterocycles. The van der Waals surface area contributed by atoms with Crippen molar-refractivity contribution in [1.82, 2.24) is 25.5 Å². The van der Waals surface area contributed by atoms with Crippen molar-refractivity contribution in [3.8, 4) is 11.6 Å². The van der Waals surface area contributed by atoms with Gasteiger partial charge in [0.05, 0.1) is 6.20 Å². The van der Waals surface area contributed by atoms with Crippen molar-refractivity contribution in [2.75, 3.05) is 6.54 Å². The van der Waals surface area contributed by atoms with Gasteiger partial charge < -0.3 is 9.73 Å². The minimum absolute atomic E-state index is 0.0217. The van der Waals surface area contributed by atoms with Crippen LogP contribution in [0.5, 0.6) is 0 Å². The molecule has 0 radical (unpaired) electrons. The molecule has 0 saturated carbocycles. The lowest BCUT2D eigenvalue weighted by atomic mass is 10.1. The number of hydrogen-bond acceptors (Lipinski definition) is 6. The number of carbonyl (C=O) groups is 1. The van der Waals surface area contributed by atoms with E-state index >= 15 is 0 Å².